The van der Waals surface area contributed by atoms with Gasteiger partial charge in [-0.25, -0.2) is 0 Å². The highest BCUT2D eigenvalue weighted by molar-refractivity contribution is 7.84. The van der Waals surface area contributed by atoms with Gasteiger partial charge in [-0.15, -0.1) is 5.10 Å². The first-order chi connectivity index (χ1) is 6.29. The number of anilines is 1. The molecule has 0 spiro atoms. The molecule has 1 heterocycles. The molecule has 1 aromatic rings. The molecule has 13 heavy (non-hydrogen) atoms. The molecule has 5 heteroatoms. The molecule has 0 aromatic carbocycles. The minimum absolute atomic E-state index is 0.699. The van der Waals surface area contributed by atoms with Crippen molar-refractivity contribution in [2.45, 2.75) is 6.42 Å². The Bertz CT molecular complexity index is 265. The minimum Gasteiger partial charge on any atom is -0.369 e. The summed E-state index contributed by atoms with van der Waals surface area (Å²) in [5.74, 6) is 1.50. The third kappa shape index (κ3) is 4.57. The molecule has 0 saturated carbocycles. The summed E-state index contributed by atoms with van der Waals surface area (Å²) < 4.78 is 10.7. The van der Waals surface area contributed by atoms with Crippen molar-refractivity contribution in [3.05, 3.63) is 18.3 Å². The first kappa shape index (κ1) is 10.1. The predicted octanol–water partition coefficient (Wildman–Crippen LogP) is 0.657. The summed E-state index contributed by atoms with van der Waals surface area (Å²) in [6, 6.07) is 3.68. The van der Waals surface area contributed by atoms with E-state index in [0.29, 0.717) is 0 Å². The van der Waals surface area contributed by atoms with Crippen LogP contribution in [0.3, 0.4) is 0 Å². The van der Waals surface area contributed by atoms with Crippen LogP contribution in [0.4, 0.5) is 5.82 Å². The second-order valence-electron chi connectivity index (χ2n) is 2.67. The molecule has 0 bridgehead atoms. The van der Waals surface area contributed by atoms with Crippen LogP contribution in [-0.4, -0.2) is 33.0 Å². The van der Waals surface area contributed by atoms with Gasteiger partial charge < -0.3 is 5.32 Å². The fourth-order valence-electron chi connectivity index (χ4n) is 0.888. The Kier molecular flexibility index (Phi) is 4.39. The smallest absolute Gasteiger partial charge is 0.148 e. The van der Waals surface area contributed by atoms with Crippen LogP contribution in [0.15, 0.2) is 18.3 Å². The Morgan fingerprint density at radius 2 is 2.46 bits per heavy atom. The van der Waals surface area contributed by atoms with Crippen LogP contribution in [0.1, 0.15) is 6.42 Å². The average Bonchev–Trinajstić information content (AvgIpc) is 2.14. The van der Waals surface area contributed by atoms with Gasteiger partial charge >= 0.3 is 0 Å². The van der Waals surface area contributed by atoms with E-state index in [4.69, 9.17) is 0 Å². The maximum Gasteiger partial charge on any atom is 0.148 e. The summed E-state index contributed by atoms with van der Waals surface area (Å²) in [6.07, 6.45) is 4.23. The number of rotatable bonds is 5. The maximum absolute atomic E-state index is 10.7. The summed E-state index contributed by atoms with van der Waals surface area (Å²) in [4.78, 5) is 0. The molecular weight excluding hydrogens is 186 g/mol. The van der Waals surface area contributed by atoms with Gasteiger partial charge in [0.25, 0.3) is 0 Å². The van der Waals surface area contributed by atoms with Crippen molar-refractivity contribution in [3.8, 4) is 0 Å². The normalized spacial score (nSPS) is 12.4. The van der Waals surface area contributed by atoms with Crippen LogP contribution in [0.2, 0.25) is 0 Å². The Morgan fingerprint density at radius 1 is 1.62 bits per heavy atom. The van der Waals surface area contributed by atoms with Crippen LogP contribution >= 0.6 is 0 Å². The first-order valence-corrected chi connectivity index (χ1v) is 5.83. The van der Waals surface area contributed by atoms with Crippen molar-refractivity contribution in [1.82, 2.24) is 10.2 Å². The molecular formula is C8H13N3OS. The average molecular weight is 199 g/mol. The van der Waals surface area contributed by atoms with Gasteiger partial charge in [0, 0.05) is 35.5 Å². The highest BCUT2D eigenvalue weighted by atomic mass is 32.2. The topological polar surface area (TPSA) is 54.9 Å². The second-order valence-corrected chi connectivity index (χ2v) is 4.22. The van der Waals surface area contributed by atoms with Crippen molar-refractivity contribution in [2.24, 2.45) is 0 Å². The van der Waals surface area contributed by atoms with E-state index in [2.05, 4.69) is 15.5 Å². The van der Waals surface area contributed by atoms with Crippen molar-refractivity contribution < 1.29 is 4.21 Å². The van der Waals surface area contributed by atoms with E-state index in [0.717, 1.165) is 24.5 Å². The molecule has 0 aliphatic carbocycles. The van der Waals surface area contributed by atoms with Gasteiger partial charge in [-0.2, -0.15) is 5.10 Å². The maximum atomic E-state index is 10.7. The molecule has 0 saturated heterocycles. The number of nitrogens with one attached hydrogen (secondary N) is 1. The number of aromatic nitrogens is 2. The zero-order valence-electron chi connectivity index (χ0n) is 7.56. The molecule has 0 amide bonds. The Morgan fingerprint density at radius 3 is 3.08 bits per heavy atom. The molecule has 72 valence electrons. The number of hydrogen-bond donors (Lipinski definition) is 1. The fourth-order valence-corrected chi connectivity index (χ4v) is 1.44. The quantitative estimate of drug-likeness (QED) is 0.708. The molecule has 1 rings (SSSR count). The van der Waals surface area contributed by atoms with Gasteiger partial charge in [0.2, 0.25) is 0 Å². The molecule has 0 aliphatic rings. The SMILES string of the molecule is CS(=O)CCCNc1cccnn1. The Balaban J connectivity index is 2.17. The highest BCUT2D eigenvalue weighted by Gasteiger charge is 1.93. The number of nitrogens with zero attached hydrogens (tertiary/aromatic N) is 2. The lowest BCUT2D eigenvalue weighted by atomic mass is 10.4. The summed E-state index contributed by atoms with van der Waals surface area (Å²) in [6.45, 7) is 0.790. The van der Waals surface area contributed by atoms with Crippen LogP contribution in [0.5, 0.6) is 0 Å². The van der Waals surface area contributed by atoms with Crippen LogP contribution in [0.25, 0.3) is 0 Å². The highest BCUT2D eigenvalue weighted by Crippen LogP contribution is 1.97. The largest absolute Gasteiger partial charge is 0.369 e. The van der Waals surface area contributed by atoms with Gasteiger partial charge in [0.15, 0.2) is 0 Å². The van der Waals surface area contributed by atoms with Gasteiger partial charge in [-0.1, -0.05) is 0 Å². The summed E-state index contributed by atoms with van der Waals surface area (Å²) >= 11 is 0. The van der Waals surface area contributed by atoms with Gasteiger partial charge in [0.1, 0.15) is 5.82 Å². The molecule has 1 unspecified atom stereocenters. The van der Waals surface area contributed by atoms with Crippen molar-refractivity contribution >= 4 is 16.6 Å². The van der Waals surface area contributed by atoms with E-state index in [1.54, 1.807) is 12.5 Å². The lowest BCUT2D eigenvalue weighted by molar-refractivity contribution is 0.685. The van der Waals surface area contributed by atoms with Crippen molar-refractivity contribution in [3.63, 3.8) is 0 Å². The lowest BCUT2D eigenvalue weighted by Crippen LogP contribution is -2.07. The predicted molar refractivity (Wildman–Crippen MR) is 54.1 cm³/mol. The van der Waals surface area contributed by atoms with Crippen LogP contribution in [0, 0.1) is 0 Å². The Hall–Kier alpha value is -0.970. The summed E-state index contributed by atoms with van der Waals surface area (Å²) in [7, 11) is -0.699. The molecule has 0 fully saturated rings. The molecule has 0 aliphatic heterocycles. The summed E-state index contributed by atoms with van der Waals surface area (Å²) in [5.41, 5.74) is 0. The molecule has 1 N–H and O–H groups in total. The van der Waals surface area contributed by atoms with Gasteiger partial charge in [-0.05, 0) is 18.6 Å². The second kappa shape index (κ2) is 5.64. The van der Waals surface area contributed by atoms with Crippen LogP contribution < -0.4 is 5.32 Å². The third-order valence-electron chi connectivity index (χ3n) is 1.49. The molecule has 1 aromatic heterocycles. The van der Waals surface area contributed by atoms with Crippen molar-refractivity contribution in [1.29, 1.82) is 0 Å². The van der Waals surface area contributed by atoms with Gasteiger partial charge in [-0.3, -0.25) is 4.21 Å². The van der Waals surface area contributed by atoms with E-state index in [-0.39, 0.29) is 0 Å². The van der Waals surface area contributed by atoms with E-state index < -0.39 is 10.8 Å². The van der Waals surface area contributed by atoms with E-state index in [1.807, 2.05) is 12.1 Å². The zero-order chi connectivity index (χ0) is 9.52. The van der Waals surface area contributed by atoms with E-state index in [1.165, 1.54) is 0 Å². The van der Waals surface area contributed by atoms with Crippen molar-refractivity contribution in [2.75, 3.05) is 23.9 Å². The molecule has 0 radical (unpaired) electrons. The third-order valence-corrected chi connectivity index (χ3v) is 2.35. The van der Waals surface area contributed by atoms with E-state index in [9.17, 15) is 4.21 Å². The molecule has 1 atom stereocenters. The number of hydrogen-bond acceptors (Lipinski definition) is 4. The van der Waals surface area contributed by atoms with Gasteiger partial charge in [0.05, 0.1) is 0 Å². The fraction of sp³-hybridized carbons (Fsp3) is 0.500. The monoisotopic (exact) mass is 199 g/mol. The standard InChI is InChI=1S/C8H13N3OS/c1-13(12)7-3-5-9-8-4-2-6-10-11-8/h2,4,6H,3,5,7H2,1H3,(H,9,11). The molecule has 4 nitrogen and oxygen atoms in total. The van der Waals surface area contributed by atoms with E-state index >= 15 is 0 Å². The minimum atomic E-state index is -0.699. The first-order valence-electron chi connectivity index (χ1n) is 4.10. The zero-order valence-corrected chi connectivity index (χ0v) is 8.38. The Labute approximate surface area is 80.2 Å². The van der Waals surface area contributed by atoms with Crippen LogP contribution in [-0.2, 0) is 10.8 Å². The lowest BCUT2D eigenvalue weighted by Gasteiger charge is -2.02. The summed E-state index contributed by atoms with van der Waals surface area (Å²) in [5, 5.41) is 10.7.